The average molecular weight is 528 g/mol. The van der Waals surface area contributed by atoms with Crippen LogP contribution in [0.2, 0.25) is 15.1 Å². The van der Waals surface area contributed by atoms with E-state index in [0.29, 0.717) is 43.5 Å². The predicted octanol–water partition coefficient (Wildman–Crippen LogP) is 6.84. The fraction of sp³-hybridized carbons (Fsp3) is 0.280. The van der Waals surface area contributed by atoms with E-state index in [-0.39, 0.29) is 5.41 Å². The maximum Gasteiger partial charge on any atom is 0.146 e. The zero-order valence-electron chi connectivity index (χ0n) is 19.2. The molecule has 4 aromatic rings. The summed E-state index contributed by atoms with van der Waals surface area (Å²) in [5, 5.41) is 19.3. The standard InChI is InChI=1S/C25H21Cl3N6O/c1-13(22-18(27)9-30-10-19(22)28)35-21-5-16-20(6-17(21)26)32-33-23(16)15-4-14(7-29)24(31-8-15)34-11-25(2,3)12-34/h4-6,8-10,13H,11-12H2,1-3H3,(H,32,33). The van der Waals surface area contributed by atoms with Crippen molar-refractivity contribution < 1.29 is 4.74 Å². The Morgan fingerprint density at radius 2 is 1.80 bits per heavy atom. The highest BCUT2D eigenvalue weighted by atomic mass is 35.5. The van der Waals surface area contributed by atoms with Crippen LogP contribution in [0.15, 0.2) is 36.8 Å². The van der Waals surface area contributed by atoms with E-state index in [1.165, 1.54) is 12.4 Å². The highest BCUT2D eigenvalue weighted by Gasteiger charge is 2.36. The quantitative estimate of drug-likeness (QED) is 0.306. The molecule has 1 aromatic carbocycles. The number of nitrogens with zero attached hydrogens (tertiary/aromatic N) is 5. The maximum atomic E-state index is 9.78. The van der Waals surface area contributed by atoms with Crippen molar-refractivity contribution in [3.05, 3.63) is 63.0 Å². The second kappa shape index (κ2) is 8.87. The molecular formula is C25H21Cl3N6O. The second-order valence-corrected chi connectivity index (χ2v) is 10.6. The number of aromatic nitrogens is 4. The molecule has 4 heterocycles. The number of benzene rings is 1. The van der Waals surface area contributed by atoms with Crippen molar-refractivity contribution in [2.45, 2.75) is 26.9 Å². The monoisotopic (exact) mass is 526 g/mol. The number of nitriles is 1. The zero-order valence-corrected chi connectivity index (χ0v) is 21.5. The normalized spacial score (nSPS) is 15.5. The van der Waals surface area contributed by atoms with Crippen LogP contribution in [0.25, 0.3) is 22.2 Å². The predicted molar refractivity (Wildman–Crippen MR) is 138 cm³/mol. The van der Waals surface area contributed by atoms with Gasteiger partial charge < -0.3 is 9.64 Å². The highest BCUT2D eigenvalue weighted by molar-refractivity contribution is 6.36. The first kappa shape index (κ1) is 23.7. The maximum absolute atomic E-state index is 9.78. The van der Waals surface area contributed by atoms with Crippen molar-refractivity contribution >= 4 is 51.5 Å². The fourth-order valence-corrected chi connectivity index (χ4v) is 5.33. The zero-order chi connectivity index (χ0) is 24.9. The Morgan fingerprint density at radius 3 is 2.46 bits per heavy atom. The summed E-state index contributed by atoms with van der Waals surface area (Å²) in [5.41, 5.74) is 3.46. The molecule has 3 aromatic heterocycles. The Morgan fingerprint density at radius 1 is 1.09 bits per heavy atom. The van der Waals surface area contributed by atoms with E-state index in [2.05, 4.69) is 45.0 Å². The summed E-state index contributed by atoms with van der Waals surface area (Å²) in [4.78, 5) is 10.7. The summed E-state index contributed by atoms with van der Waals surface area (Å²) in [5.74, 6) is 1.15. The minimum Gasteiger partial charge on any atom is -0.484 e. The summed E-state index contributed by atoms with van der Waals surface area (Å²) >= 11 is 19.1. The number of halogens is 3. The van der Waals surface area contributed by atoms with Crippen LogP contribution in [-0.4, -0.2) is 33.3 Å². The third-order valence-electron chi connectivity index (χ3n) is 6.01. The van der Waals surface area contributed by atoms with Crippen LogP contribution in [0.3, 0.4) is 0 Å². The summed E-state index contributed by atoms with van der Waals surface area (Å²) in [6, 6.07) is 7.66. The van der Waals surface area contributed by atoms with Crippen molar-refractivity contribution in [1.82, 2.24) is 20.2 Å². The third-order valence-corrected chi connectivity index (χ3v) is 6.91. The lowest BCUT2D eigenvalue weighted by Crippen LogP contribution is -2.53. The highest BCUT2D eigenvalue weighted by Crippen LogP contribution is 2.40. The van der Waals surface area contributed by atoms with Gasteiger partial charge in [0, 0.05) is 48.2 Å². The fourth-order valence-electron chi connectivity index (χ4n) is 4.45. The van der Waals surface area contributed by atoms with Gasteiger partial charge in [0.15, 0.2) is 0 Å². The summed E-state index contributed by atoms with van der Waals surface area (Å²) < 4.78 is 6.15. The number of ether oxygens (including phenoxy) is 1. The molecule has 0 aliphatic carbocycles. The van der Waals surface area contributed by atoms with Gasteiger partial charge in [-0.1, -0.05) is 48.7 Å². The first-order valence-electron chi connectivity index (χ1n) is 11.0. The molecule has 5 rings (SSSR count). The number of aromatic amines is 1. The van der Waals surface area contributed by atoms with E-state index in [1.807, 2.05) is 19.1 Å². The number of rotatable bonds is 5. The minimum absolute atomic E-state index is 0.225. The van der Waals surface area contributed by atoms with Gasteiger partial charge in [0.1, 0.15) is 29.4 Å². The molecule has 10 heteroatoms. The number of fused-ring (bicyclic) bond motifs is 1. The summed E-state index contributed by atoms with van der Waals surface area (Å²) in [7, 11) is 0. The third kappa shape index (κ3) is 4.38. The summed E-state index contributed by atoms with van der Waals surface area (Å²) in [6.45, 7) is 7.96. The average Bonchev–Trinajstić information content (AvgIpc) is 3.19. The van der Waals surface area contributed by atoms with E-state index in [4.69, 9.17) is 39.5 Å². The molecule has 1 N–H and O–H groups in total. The Bertz CT molecular complexity index is 1460. The van der Waals surface area contributed by atoms with Gasteiger partial charge in [-0.15, -0.1) is 0 Å². The molecule has 1 aliphatic heterocycles. The van der Waals surface area contributed by atoms with Crippen LogP contribution in [-0.2, 0) is 0 Å². The smallest absolute Gasteiger partial charge is 0.146 e. The minimum atomic E-state index is -0.477. The molecule has 0 radical (unpaired) electrons. The van der Waals surface area contributed by atoms with Crippen LogP contribution >= 0.6 is 34.8 Å². The molecule has 1 aliphatic rings. The van der Waals surface area contributed by atoms with Crippen LogP contribution in [0.5, 0.6) is 5.75 Å². The van der Waals surface area contributed by atoms with Gasteiger partial charge in [-0.25, -0.2) is 4.98 Å². The number of pyridine rings is 2. The topological polar surface area (TPSA) is 90.7 Å². The number of hydrogen-bond donors (Lipinski definition) is 1. The van der Waals surface area contributed by atoms with Gasteiger partial charge in [-0.3, -0.25) is 10.1 Å². The van der Waals surface area contributed by atoms with E-state index in [1.54, 1.807) is 12.3 Å². The molecule has 0 amide bonds. The molecule has 178 valence electrons. The molecule has 0 spiro atoms. The van der Waals surface area contributed by atoms with Crippen LogP contribution < -0.4 is 9.64 Å². The molecule has 1 saturated heterocycles. The number of nitrogens with one attached hydrogen (secondary N) is 1. The van der Waals surface area contributed by atoms with E-state index >= 15 is 0 Å². The Hall–Kier alpha value is -3.05. The molecular weight excluding hydrogens is 507 g/mol. The Labute approximate surface area is 217 Å². The van der Waals surface area contributed by atoms with E-state index < -0.39 is 6.10 Å². The molecule has 1 unspecified atom stereocenters. The number of H-pyrrole nitrogens is 1. The van der Waals surface area contributed by atoms with Gasteiger partial charge in [-0.05, 0) is 30.5 Å². The molecule has 0 saturated carbocycles. The van der Waals surface area contributed by atoms with E-state index in [0.717, 1.165) is 29.6 Å². The van der Waals surface area contributed by atoms with E-state index in [9.17, 15) is 5.26 Å². The SMILES string of the molecule is CC(Oc1cc2c(-c3cnc(N4CC(C)(C)C4)c(C#N)c3)n[nH]c2cc1Cl)c1c(Cl)cncc1Cl. The number of anilines is 1. The number of hydrogen-bond acceptors (Lipinski definition) is 6. The Balaban J connectivity index is 1.50. The Kier molecular flexibility index (Phi) is 6.00. The molecule has 1 atom stereocenters. The lowest BCUT2D eigenvalue weighted by molar-refractivity contribution is 0.227. The van der Waals surface area contributed by atoms with Crippen molar-refractivity contribution in [2.24, 2.45) is 5.41 Å². The molecule has 1 fully saturated rings. The van der Waals surface area contributed by atoms with Crippen LogP contribution in [0.1, 0.15) is 38.0 Å². The van der Waals surface area contributed by atoms with Gasteiger partial charge in [-0.2, -0.15) is 10.4 Å². The lowest BCUT2D eigenvalue weighted by Gasteiger charge is -2.46. The van der Waals surface area contributed by atoms with Crippen molar-refractivity contribution in [3.63, 3.8) is 0 Å². The molecule has 7 nitrogen and oxygen atoms in total. The largest absolute Gasteiger partial charge is 0.484 e. The van der Waals surface area contributed by atoms with Crippen molar-refractivity contribution in [2.75, 3.05) is 18.0 Å². The lowest BCUT2D eigenvalue weighted by atomic mass is 9.84. The van der Waals surface area contributed by atoms with Gasteiger partial charge in [0.05, 0.1) is 26.1 Å². The van der Waals surface area contributed by atoms with Crippen LogP contribution in [0, 0.1) is 16.7 Å². The van der Waals surface area contributed by atoms with Crippen molar-refractivity contribution in [1.29, 1.82) is 5.26 Å². The molecule has 35 heavy (non-hydrogen) atoms. The first-order chi connectivity index (χ1) is 16.7. The van der Waals surface area contributed by atoms with Crippen molar-refractivity contribution in [3.8, 4) is 23.1 Å². The first-order valence-corrected chi connectivity index (χ1v) is 12.1. The second-order valence-electron chi connectivity index (χ2n) is 9.40. The van der Waals surface area contributed by atoms with Gasteiger partial charge in [0.2, 0.25) is 0 Å². The van der Waals surface area contributed by atoms with Gasteiger partial charge >= 0.3 is 0 Å². The molecule has 0 bridgehead atoms. The summed E-state index contributed by atoms with van der Waals surface area (Å²) in [6.07, 6.45) is 4.30. The van der Waals surface area contributed by atoms with Gasteiger partial charge in [0.25, 0.3) is 0 Å². The van der Waals surface area contributed by atoms with Crippen LogP contribution in [0.4, 0.5) is 5.82 Å².